The van der Waals surface area contributed by atoms with Crippen molar-refractivity contribution in [3.63, 3.8) is 0 Å². The molecule has 0 aromatic carbocycles. The van der Waals surface area contributed by atoms with Crippen LogP contribution >= 0.6 is 0 Å². The summed E-state index contributed by atoms with van der Waals surface area (Å²) in [5.41, 5.74) is 0. The van der Waals surface area contributed by atoms with Crippen LogP contribution in [-0.4, -0.2) is 13.2 Å². The van der Waals surface area contributed by atoms with Crippen LogP contribution in [0.5, 0.6) is 0 Å². The van der Waals surface area contributed by atoms with Crippen molar-refractivity contribution in [3.8, 4) is 0 Å². The fourth-order valence-electron chi connectivity index (χ4n) is 2.33. The molecular weight excluding hydrogens is 136 g/mol. The van der Waals surface area contributed by atoms with Gasteiger partial charge >= 0.3 is 0 Å². The molecule has 66 valence electrons. The van der Waals surface area contributed by atoms with Crippen LogP contribution < -0.4 is 0 Å². The standard InChI is InChI=1S/C10H20O/c1-7(2)10(8(3)4)9-5-11-6-9/h7-10H,5-6H2,1-4H3. The van der Waals surface area contributed by atoms with Crippen molar-refractivity contribution in [1.29, 1.82) is 0 Å². The SMILES string of the molecule is CC(C)C(C(C)C)C1COC1. The summed E-state index contributed by atoms with van der Waals surface area (Å²) < 4.78 is 5.22. The van der Waals surface area contributed by atoms with Crippen LogP contribution in [0.2, 0.25) is 0 Å². The van der Waals surface area contributed by atoms with Gasteiger partial charge in [-0.3, -0.25) is 0 Å². The summed E-state index contributed by atoms with van der Waals surface area (Å²) in [7, 11) is 0. The first kappa shape index (κ1) is 9.05. The molecule has 0 amide bonds. The molecule has 0 unspecified atom stereocenters. The summed E-state index contributed by atoms with van der Waals surface area (Å²) in [6.07, 6.45) is 0. The molecule has 1 rings (SSSR count). The average molecular weight is 156 g/mol. The zero-order valence-corrected chi connectivity index (χ0v) is 8.13. The van der Waals surface area contributed by atoms with Crippen molar-refractivity contribution < 1.29 is 4.74 Å². The van der Waals surface area contributed by atoms with E-state index in [4.69, 9.17) is 4.74 Å². The van der Waals surface area contributed by atoms with Crippen molar-refractivity contribution in [2.24, 2.45) is 23.7 Å². The summed E-state index contributed by atoms with van der Waals surface area (Å²) in [4.78, 5) is 0. The number of rotatable bonds is 3. The van der Waals surface area contributed by atoms with Crippen LogP contribution in [0.3, 0.4) is 0 Å². The quantitative estimate of drug-likeness (QED) is 0.610. The van der Waals surface area contributed by atoms with Gasteiger partial charge in [0.1, 0.15) is 0 Å². The molecule has 0 aliphatic carbocycles. The largest absolute Gasteiger partial charge is 0.381 e. The maximum Gasteiger partial charge on any atom is 0.0519 e. The van der Waals surface area contributed by atoms with E-state index >= 15 is 0 Å². The van der Waals surface area contributed by atoms with Crippen LogP contribution in [0.15, 0.2) is 0 Å². The lowest BCUT2D eigenvalue weighted by Gasteiger charge is -2.38. The first-order valence-electron chi connectivity index (χ1n) is 4.70. The van der Waals surface area contributed by atoms with Crippen LogP contribution in [0, 0.1) is 23.7 Å². The van der Waals surface area contributed by atoms with Crippen molar-refractivity contribution in [2.45, 2.75) is 27.7 Å². The summed E-state index contributed by atoms with van der Waals surface area (Å²) in [6.45, 7) is 11.3. The van der Waals surface area contributed by atoms with Gasteiger partial charge in [-0.1, -0.05) is 27.7 Å². The van der Waals surface area contributed by atoms with Gasteiger partial charge in [-0.2, -0.15) is 0 Å². The summed E-state index contributed by atoms with van der Waals surface area (Å²) in [6, 6.07) is 0. The summed E-state index contributed by atoms with van der Waals surface area (Å²) in [5, 5.41) is 0. The molecule has 0 spiro atoms. The molecule has 1 heterocycles. The van der Waals surface area contributed by atoms with Crippen molar-refractivity contribution in [1.82, 2.24) is 0 Å². The molecule has 0 atom stereocenters. The molecule has 0 saturated carbocycles. The maximum atomic E-state index is 5.22. The maximum absolute atomic E-state index is 5.22. The van der Waals surface area contributed by atoms with Crippen LogP contribution in [0.1, 0.15) is 27.7 Å². The van der Waals surface area contributed by atoms with Crippen LogP contribution in [0.25, 0.3) is 0 Å². The molecule has 0 N–H and O–H groups in total. The molecule has 0 bridgehead atoms. The Morgan fingerprint density at radius 3 is 1.55 bits per heavy atom. The van der Waals surface area contributed by atoms with E-state index in [0.717, 1.165) is 36.9 Å². The van der Waals surface area contributed by atoms with Gasteiger partial charge in [0.05, 0.1) is 13.2 Å². The van der Waals surface area contributed by atoms with E-state index in [-0.39, 0.29) is 0 Å². The Bertz CT molecular complexity index is 106. The Morgan fingerprint density at radius 1 is 1.00 bits per heavy atom. The smallest absolute Gasteiger partial charge is 0.0519 e. The normalized spacial score (nSPS) is 19.9. The molecule has 1 nitrogen and oxygen atoms in total. The van der Waals surface area contributed by atoms with E-state index in [9.17, 15) is 0 Å². The molecule has 1 heteroatoms. The minimum atomic E-state index is 0.809. The lowest BCUT2D eigenvalue weighted by atomic mass is 9.75. The van der Waals surface area contributed by atoms with Gasteiger partial charge in [-0.25, -0.2) is 0 Å². The van der Waals surface area contributed by atoms with E-state index in [1.54, 1.807) is 0 Å². The monoisotopic (exact) mass is 156 g/mol. The fraction of sp³-hybridized carbons (Fsp3) is 1.00. The molecule has 1 aliphatic heterocycles. The van der Waals surface area contributed by atoms with Gasteiger partial charge < -0.3 is 4.74 Å². The van der Waals surface area contributed by atoms with Gasteiger partial charge in [-0.05, 0) is 17.8 Å². The van der Waals surface area contributed by atoms with E-state index < -0.39 is 0 Å². The van der Waals surface area contributed by atoms with E-state index in [2.05, 4.69) is 27.7 Å². The third-order valence-electron chi connectivity index (χ3n) is 2.75. The first-order chi connectivity index (χ1) is 5.13. The van der Waals surface area contributed by atoms with Crippen molar-refractivity contribution in [3.05, 3.63) is 0 Å². The second-order valence-electron chi connectivity index (χ2n) is 4.36. The molecule has 1 saturated heterocycles. The Balaban J connectivity index is 2.44. The summed E-state index contributed by atoms with van der Waals surface area (Å²) >= 11 is 0. The van der Waals surface area contributed by atoms with Crippen molar-refractivity contribution >= 4 is 0 Å². The lowest BCUT2D eigenvalue weighted by Crippen LogP contribution is -2.39. The molecule has 1 fully saturated rings. The van der Waals surface area contributed by atoms with Gasteiger partial charge in [0.2, 0.25) is 0 Å². The lowest BCUT2D eigenvalue weighted by molar-refractivity contribution is -0.0810. The highest BCUT2D eigenvalue weighted by Gasteiger charge is 2.32. The minimum Gasteiger partial charge on any atom is -0.381 e. The van der Waals surface area contributed by atoms with E-state index in [1.165, 1.54) is 0 Å². The number of hydrogen-bond acceptors (Lipinski definition) is 1. The first-order valence-corrected chi connectivity index (χ1v) is 4.70. The van der Waals surface area contributed by atoms with Crippen LogP contribution in [0.4, 0.5) is 0 Å². The highest BCUT2D eigenvalue weighted by atomic mass is 16.5. The Hall–Kier alpha value is -0.0400. The third kappa shape index (κ3) is 1.96. The van der Waals surface area contributed by atoms with Gasteiger partial charge in [0.25, 0.3) is 0 Å². The molecule has 0 aromatic rings. The molecular formula is C10H20O. The van der Waals surface area contributed by atoms with Crippen LogP contribution in [-0.2, 0) is 4.74 Å². The topological polar surface area (TPSA) is 9.23 Å². The highest BCUT2D eigenvalue weighted by molar-refractivity contribution is 4.79. The average Bonchev–Trinajstić information content (AvgIpc) is 1.75. The predicted molar refractivity (Wildman–Crippen MR) is 47.5 cm³/mol. The fourth-order valence-corrected chi connectivity index (χ4v) is 2.33. The third-order valence-corrected chi connectivity index (χ3v) is 2.75. The number of ether oxygens (including phenoxy) is 1. The Labute approximate surface area is 70.1 Å². The van der Waals surface area contributed by atoms with Crippen molar-refractivity contribution in [2.75, 3.05) is 13.2 Å². The highest BCUT2D eigenvalue weighted by Crippen LogP contribution is 2.32. The summed E-state index contributed by atoms with van der Waals surface area (Å²) in [5.74, 6) is 3.33. The molecule has 0 aromatic heterocycles. The minimum absolute atomic E-state index is 0.809. The molecule has 11 heavy (non-hydrogen) atoms. The van der Waals surface area contributed by atoms with E-state index in [0.29, 0.717) is 0 Å². The van der Waals surface area contributed by atoms with Gasteiger partial charge in [0.15, 0.2) is 0 Å². The zero-order valence-electron chi connectivity index (χ0n) is 8.13. The Kier molecular flexibility index (Phi) is 2.94. The second kappa shape index (κ2) is 3.57. The molecule has 0 radical (unpaired) electrons. The zero-order chi connectivity index (χ0) is 8.43. The van der Waals surface area contributed by atoms with Gasteiger partial charge in [0, 0.05) is 5.92 Å². The van der Waals surface area contributed by atoms with E-state index in [1.807, 2.05) is 0 Å². The second-order valence-corrected chi connectivity index (χ2v) is 4.36. The number of hydrogen-bond donors (Lipinski definition) is 0. The Morgan fingerprint density at radius 2 is 1.45 bits per heavy atom. The predicted octanol–water partition coefficient (Wildman–Crippen LogP) is 2.56. The molecule has 1 aliphatic rings. The van der Waals surface area contributed by atoms with Gasteiger partial charge in [-0.15, -0.1) is 0 Å².